The van der Waals surface area contributed by atoms with Gasteiger partial charge in [-0.3, -0.25) is 4.79 Å². The van der Waals surface area contributed by atoms with E-state index in [0.29, 0.717) is 17.9 Å². The van der Waals surface area contributed by atoms with Crippen LogP contribution in [0.25, 0.3) is 11.0 Å². The van der Waals surface area contributed by atoms with Gasteiger partial charge < -0.3 is 15.6 Å². The number of piperidine rings is 1. The van der Waals surface area contributed by atoms with Crippen molar-refractivity contribution in [3.05, 3.63) is 40.5 Å². The van der Waals surface area contributed by atoms with E-state index in [9.17, 15) is 4.79 Å². The normalized spacial score (nSPS) is 18.2. The van der Waals surface area contributed by atoms with Gasteiger partial charge in [-0.05, 0) is 49.0 Å². The molecule has 1 atom stereocenters. The van der Waals surface area contributed by atoms with Crippen LogP contribution in [0.1, 0.15) is 40.5 Å². The molecule has 1 aliphatic heterocycles. The Bertz CT molecular complexity index is 899. The molecule has 1 saturated heterocycles. The summed E-state index contributed by atoms with van der Waals surface area (Å²) in [7, 11) is 0. The van der Waals surface area contributed by atoms with E-state index in [1.165, 1.54) is 17.1 Å². The minimum Gasteiger partial charge on any atom is -0.382 e. The fourth-order valence-corrected chi connectivity index (χ4v) is 3.89. The number of rotatable bonds is 2. The number of aryl methyl sites for hydroxylation is 1. The predicted octanol–water partition coefficient (Wildman–Crippen LogP) is 2.93. The molecule has 0 spiro atoms. The molecule has 6 nitrogen and oxygen atoms in total. The van der Waals surface area contributed by atoms with Crippen LogP contribution < -0.4 is 5.73 Å². The number of nitrogens with zero attached hydrogens (tertiary/aromatic N) is 3. The van der Waals surface area contributed by atoms with Crippen molar-refractivity contribution in [2.75, 3.05) is 18.8 Å². The molecule has 3 aromatic rings. The first-order valence-corrected chi connectivity index (χ1v) is 8.91. The fourth-order valence-electron chi connectivity index (χ4n) is 3.30. The lowest BCUT2D eigenvalue weighted by molar-refractivity contribution is 0.0706. The number of aromatic nitrogens is 3. The molecular weight excluding hydrogens is 322 g/mol. The zero-order valence-electron chi connectivity index (χ0n) is 13.5. The Balaban J connectivity index is 1.57. The van der Waals surface area contributed by atoms with E-state index in [4.69, 9.17) is 10.7 Å². The van der Waals surface area contributed by atoms with Crippen molar-refractivity contribution in [1.82, 2.24) is 19.2 Å². The number of imidazole rings is 1. The smallest absolute Gasteiger partial charge is 0.258 e. The molecule has 1 aliphatic rings. The number of carbonyl (C=O) groups excluding carboxylic acids is 1. The fraction of sp³-hybridized carbons (Fsp3) is 0.353. The second kappa shape index (κ2) is 5.90. The van der Waals surface area contributed by atoms with Crippen molar-refractivity contribution in [1.29, 1.82) is 0 Å². The average molecular weight is 341 g/mol. The highest BCUT2D eigenvalue weighted by atomic mass is 32.1. The molecule has 1 fully saturated rings. The Labute approximate surface area is 143 Å². The molecule has 24 heavy (non-hydrogen) atoms. The lowest BCUT2D eigenvalue weighted by atomic mass is 9.97. The van der Waals surface area contributed by atoms with E-state index in [2.05, 4.69) is 28.4 Å². The van der Waals surface area contributed by atoms with E-state index >= 15 is 0 Å². The number of nitrogens with one attached hydrogen (secondary N) is 1. The van der Waals surface area contributed by atoms with Gasteiger partial charge in [-0.15, -0.1) is 0 Å². The number of nitrogens with two attached hydrogens (primary N) is 1. The highest BCUT2D eigenvalue weighted by Crippen LogP contribution is 2.28. The van der Waals surface area contributed by atoms with Crippen LogP contribution in [0.15, 0.2) is 23.6 Å². The second-order valence-electron chi connectivity index (χ2n) is 6.35. The van der Waals surface area contributed by atoms with Crippen LogP contribution in [0.3, 0.4) is 0 Å². The molecule has 3 heterocycles. The highest BCUT2D eigenvalue weighted by molar-refractivity contribution is 7.04. The molecule has 124 valence electrons. The molecule has 0 radical (unpaired) electrons. The number of aromatic amines is 1. The van der Waals surface area contributed by atoms with Crippen LogP contribution in [-0.4, -0.2) is 38.2 Å². The van der Waals surface area contributed by atoms with Crippen molar-refractivity contribution in [2.24, 2.45) is 0 Å². The Morgan fingerprint density at radius 3 is 3.12 bits per heavy atom. The van der Waals surface area contributed by atoms with Crippen LogP contribution in [0.5, 0.6) is 0 Å². The summed E-state index contributed by atoms with van der Waals surface area (Å²) in [6.45, 7) is 3.48. The Kier molecular flexibility index (Phi) is 3.72. The molecular formula is C17H19N5OS. The maximum Gasteiger partial charge on any atom is 0.258 e. The number of carbonyl (C=O) groups is 1. The number of hydrogen-bond donors (Lipinski definition) is 2. The van der Waals surface area contributed by atoms with Gasteiger partial charge in [-0.2, -0.15) is 4.37 Å². The van der Waals surface area contributed by atoms with E-state index in [0.717, 1.165) is 36.2 Å². The highest BCUT2D eigenvalue weighted by Gasteiger charge is 2.28. The van der Waals surface area contributed by atoms with Gasteiger partial charge in [0, 0.05) is 24.4 Å². The zero-order valence-corrected chi connectivity index (χ0v) is 14.3. The van der Waals surface area contributed by atoms with Gasteiger partial charge in [0.05, 0.1) is 16.6 Å². The first kappa shape index (κ1) is 15.1. The lowest BCUT2D eigenvalue weighted by Crippen LogP contribution is -2.39. The molecule has 7 heteroatoms. The number of H-pyrrole nitrogens is 1. The number of amides is 1. The summed E-state index contributed by atoms with van der Waals surface area (Å²) < 4.78 is 4.00. The Morgan fingerprint density at radius 1 is 1.46 bits per heavy atom. The molecule has 4 rings (SSSR count). The largest absolute Gasteiger partial charge is 0.382 e. The quantitative estimate of drug-likeness (QED) is 0.750. The summed E-state index contributed by atoms with van der Waals surface area (Å²) in [5.41, 5.74) is 9.55. The third-order valence-corrected chi connectivity index (χ3v) is 5.22. The third-order valence-electron chi connectivity index (χ3n) is 4.58. The van der Waals surface area contributed by atoms with Gasteiger partial charge in [-0.25, -0.2) is 4.98 Å². The first-order chi connectivity index (χ1) is 11.6. The van der Waals surface area contributed by atoms with E-state index < -0.39 is 0 Å². The van der Waals surface area contributed by atoms with E-state index in [-0.39, 0.29) is 11.8 Å². The number of nitrogen functional groups attached to an aromatic ring is 1. The van der Waals surface area contributed by atoms with Crippen molar-refractivity contribution < 1.29 is 4.79 Å². The van der Waals surface area contributed by atoms with E-state index in [1.54, 1.807) is 5.38 Å². The summed E-state index contributed by atoms with van der Waals surface area (Å²) >= 11 is 1.22. The van der Waals surface area contributed by atoms with Crippen LogP contribution in [0.2, 0.25) is 0 Å². The average Bonchev–Trinajstić information content (AvgIpc) is 3.20. The SMILES string of the molecule is Cc1ccc2nc(C3CCCN(C(=O)c4csnc4N)C3)[nH]c2c1. The van der Waals surface area contributed by atoms with Gasteiger partial charge in [0.25, 0.3) is 5.91 Å². The van der Waals surface area contributed by atoms with E-state index in [1.807, 2.05) is 11.0 Å². The number of benzene rings is 1. The van der Waals surface area contributed by atoms with Crippen LogP contribution in [-0.2, 0) is 0 Å². The Hall–Kier alpha value is -2.41. The first-order valence-electron chi connectivity index (χ1n) is 8.07. The predicted molar refractivity (Wildman–Crippen MR) is 95.2 cm³/mol. The van der Waals surface area contributed by atoms with Gasteiger partial charge in [0.1, 0.15) is 11.6 Å². The zero-order chi connectivity index (χ0) is 16.7. The summed E-state index contributed by atoms with van der Waals surface area (Å²) in [6, 6.07) is 6.21. The maximum absolute atomic E-state index is 12.7. The van der Waals surface area contributed by atoms with Crippen LogP contribution >= 0.6 is 11.5 Å². The minimum atomic E-state index is -0.0297. The topological polar surface area (TPSA) is 87.9 Å². The molecule has 0 aliphatic carbocycles. The lowest BCUT2D eigenvalue weighted by Gasteiger charge is -2.31. The van der Waals surface area contributed by atoms with Crippen molar-refractivity contribution in [3.63, 3.8) is 0 Å². The molecule has 1 aromatic carbocycles. The minimum absolute atomic E-state index is 0.0297. The summed E-state index contributed by atoms with van der Waals surface area (Å²) in [5, 5.41) is 1.73. The Morgan fingerprint density at radius 2 is 2.33 bits per heavy atom. The molecule has 0 bridgehead atoms. The summed E-state index contributed by atoms with van der Waals surface area (Å²) in [4.78, 5) is 22.7. The summed E-state index contributed by atoms with van der Waals surface area (Å²) in [5.74, 6) is 1.48. The van der Waals surface area contributed by atoms with Gasteiger partial charge >= 0.3 is 0 Å². The summed E-state index contributed by atoms with van der Waals surface area (Å²) in [6.07, 6.45) is 1.99. The number of hydrogen-bond acceptors (Lipinski definition) is 5. The molecule has 1 amide bonds. The second-order valence-corrected chi connectivity index (χ2v) is 6.98. The monoisotopic (exact) mass is 341 g/mol. The van der Waals surface area contributed by atoms with Crippen LogP contribution in [0, 0.1) is 6.92 Å². The molecule has 3 N–H and O–H groups in total. The number of fused-ring (bicyclic) bond motifs is 1. The van der Waals surface area contributed by atoms with Gasteiger partial charge in [0.15, 0.2) is 0 Å². The number of anilines is 1. The van der Waals surface area contributed by atoms with Gasteiger partial charge in [0.2, 0.25) is 0 Å². The molecule has 2 aromatic heterocycles. The van der Waals surface area contributed by atoms with Crippen molar-refractivity contribution in [2.45, 2.75) is 25.7 Å². The molecule has 0 saturated carbocycles. The van der Waals surface area contributed by atoms with Gasteiger partial charge in [-0.1, -0.05) is 6.07 Å². The standard InChI is InChI=1S/C17H19N5OS/c1-10-4-5-13-14(7-10)20-16(19-13)11-3-2-6-22(8-11)17(23)12-9-24-21-15(12)18/h4-5,7,9,11H,2-3,6,8H2,1H3,(H2,18,21)(H,19,20). The molecule has 1 unspecified atom stereocenters. The maximum atomic E-state index is 12.7. The number of likely N-dealkylation sites (tertiary alicyclic amines) is 1. The third kappa shape index (κ3) is 2.65. The van der Waals surface area contributed by atoms with Crippen LogP contribution in [0.4, 0.5) is 5.82 Å². The van der Waals surface area contributed by atoms with Crippen molar-refractivity contribution in [3.8, 4) is 0 Å². The van der Waals surface area contributed by atoms with Crippen molar-refractivity contribution >= 4 is 34.3 Å².